The van der Waals surface area contributed by atoms with Crippen molar-refractivity contribution < 1.29 is 17.9 Å². The summed E-state index contributed by atoms with van der Waals surface area (Å²) in [5.41, 5.74) is 7.39. The fourth-order valence-electron chi connectivity index (χ4n) is 1.87. The van der Waals surface area contributed by atoms with Gasteiger partial charge in [0.1, 0.15) is 11.5 Å². The number of alkyl halides is 3. The van der Waals surface area contributed by atoms with E-state index in [-0.39, 0.29) is 5.75 Å². The first-order valence-electron chi connectivity index (χ1n) is 5.99. The van der Waals surface area contributed by atoms with Gasteiger partial charge < -0.3 is 10.5 Å². The third kappa shape index (κ3) is 3.04. The molecule has 5 heteroatoms. The van der Waals surface area contributed by atoms with Crippen LogP contribution in [0, 0.1) is 13.8 Å². The molecule has 0 saturated heterocycles. The number of benzene rings is 2. The predicted molar refractivity (Wildman–Crippen MR) is 71.8 cm³/mol. The second kappa shape index (κ2) is 5.07. The first-order valence-corrected chi connectivity index (χ1v) is 5.99. The average Bonchev–Trinajstić information content (AvgIpc) is 2.35. The maximum atomic E-state index is 12.6. The van der Waals surface area contributed by atoms with Crippen LogP contribution in [0.5, 0.6) is 11.5 Å². The molecule has 0 spiro atoms. The number of anilines is 1. The Bertz CT molecular complexity index is 612. The lowest BCUT2D eigenvalue weighted by atomic mass is 10.1. The van der Waals surface area contributed by atoms with Gasteiger partial charge in [-0.3, -0.25) is 0 Å². The molecule has 0 bridgehead atoms. The maximum absolute atomic E-state index is 12.6. The Hall–Kier alpha value is -2.17. The monoisotopic (exact) mass is 281 g/mol. The zero-order chi connectivity index (χ0) is 14.9. The summed E-state index contributed by atoms with van der Waals surface area (Å²) in [5.74, 6) is 0.608. The number of aryl methyl sites for hydroxylation is 2. The first kappa shape index (κ1) is 14.2. The lowest BCUT2D eigenvalue weighted by molar-refractivity contribution is -0.137. The molecule has 0 unspecified atom stereocenters. The Morgan fingerprint density at radius 3 is 2.10 bits per heavy atom. The molecule has 0 aliphatic rings. The fraction of sp³-hybridized carbons (Fsp3) is 0.200. The molecule has 0 amide bonds. The van der Waals surface area contributed by atoms with Crippen molar-refractivity contribution in [2.45, 2.75) is 20.0 Å². The molecule has 2 N–H and O–H groups in total. The summed E-state index contributed by atoms with van der Waals surface area (Å²) < 4.78 is 43.3. The van der Waals surface area contributed by atoms with Crippen molar-refractivity contribution >= 4 is 5.69 Å². The van der Waals surface area contributed by atoms with Crippen molar-refractivity contribution in [1.29, 1.82) is 0 Å². The van der Waals surface area contributed by atoms with Crippen molar-refractivity contribution in [2.75, 3.05) is 5.73 Å². The minimum atomic E-state index is -4.38. The molecule has 106 valence electrons. The predicted octanol–water partition coefficient (Wildman–Crippen LogP) is 4.70. The van der Waals surface area contributed by atoms with Crippen LogP contribution in [0.2, 0.25) is 0 Å². The highest BCUT2D eigenvalue weighted by Gasteiger charge is 2.30. The van der Waals surface area contributed by atoms with Gasteiger partial charge in [-0.15, -0.1) is 0 Å². The number of rotatable bonds is 2. The van der Waals surface area contributed by atoms with E-state index >= 15 is 0 Å². The zero-order valence-electron chi connectivity index (χ0n) is 11.1. The summed E-state index contributed by atoms with van der Waals surface area (Å²) in [6.45, 7) is 3.64. The molecular weight excluding hydrogens is 267 g/mol. The summed E-state index contributed by atoms with van der Waals surface area (Å²) in [6.07, 6.45) is -4.38. The molecule has 0 aliphatic carbocycles. The summed E-state index contributed by atoms with van der Waals surface area (Å²) in [7, 11) is 0. The largest absolute Gasteiger partial charge is 0.457 e. The number of halogens is 3. The van der Waals surface area contributed by atoms with Crippen LogP contribution in [-0.2, 0) is 6.18 Å². The van der Waals surface area contributed by atoms with Crippen LogP contribution in [0.3, 0.4) is 0 Å². The van der Waals surface area contributed by atoms with E-state index in [0.29, 0.717) is 11.4 Å². The lowest BCUT2D eigenvalue weighted by Crippen LogP contribution is -2.04. The van der Waals surface area contributed by atoms with Gasteiger partial charge in [0.05, 0.1) is 5.56 Å². The third-order valence-corrected chi connectivity index (χ3v) is 2.96. The smallest absolute Gasteiger partial charge is 0.416 e. The SMILES string of the molecule is Cc1cc(Oc2cccc(C(F)(F)F)c2)cc(C)c1N. The number of nitrogen functional groups attached to an aromatic ring is 1. The number of hydrogen-bond acceptors (Lipinski definition) is 2. The highest BCUT2D eigenvalue weighted by atomic mass is 19.4. The van der Waals surface area contributed by atoms with E-state index in [1.54, 1.807) is 12.1 Å². The van der Waals surface area contributed by atoms with Crippen LogP contribution in [0.25, 0.3) is 0 Å². The Morgan fingerprint density at radius 2 is 1.55 bits per heavy atom. The minimum absolute atomic E-state index is 0.142. The van der Waals surface area contributed by atoms with Gasteiger partial charge in [-0.05, 0) is 55.3 Å². The van der Waals surface area contributed by atoms with Crippen LogP contribution in [0.1, 0.15) is 16.7 Å². The van der Waals surface area contributed by atoms with Gasteiger partial charge in [-0.1, -0.05) is 6.07 Å². The van der Waals surface area contributed by atoms with Gasteiger partial charge >= 0.3 is 6.18 Å². The van der Waals surface area contributed by atoms with Crippen LogP contribution >= 0.6 is 0 Å². The summed E-state index contributed by atoms with van der Waals surface area (Å²) in [6, 6.07) is 8.17. The Labute approximate surface area is 115 Å². The van der Waals surface area contributed by atoms with Crippen molar-refractivity contribution in [2.24, 2.45) is 0 Å². The molecule has 0 fully saturated rings. The molecule has 0 atom stereocenters. The number of hydrogen-bond donors (Lipinski definition) is 1. The highest BCUT2D eigenvalue weighted by Crippen LogP contribution is 2.33. The summed E-state index contributed by atoms with van der Waals surface area (Å²) in [4.78, 5) is 0. The molecule has 0 saturated carbocycles. The normalized spacial score (nSPS) is 11.4. The van der Waals surface area contributed by atoms with E-state index < -0.39 is 11.7 Å². The molecule has 0 radical (unpaired) electrons. The van der Waals surface area contributed by atoms with E-state index in [1.807, 2.05) is 13.8 Å². The lowest BCUT2D eigenvalue weighted by Gasteiger charge is -2.12. The van der Waals surface area contributed by atoms with Gasteiger partial charge in [0.2, 0.25) is 0 Å². The van der Waals surface area contributed by atoms with E-state index in [4.69, 9.17) is 10.5 Å². The molecular formula is C15H14F3NO. The van der Waals surface area contributed by atoms with E-state index in [0.717, 1.165) is 23.3 Å². The topological polar surface area (TPSA) is 35.2 Å². The molecule has 2 nitrogen and oxygen atoms in total. The first-order chi connectivity index (χ1) is 9.27. The van der Waals surface area contributed by atoms with Crippen molar-refractivity contribution in [3.05, 3.63) is 53.1 Å². The van der Waals surface area contributed by atoms with Crippen LogP contribution in [0.15, 0.2) is 36.4 Å². The third-order valence-electron chi connectivity index (χ3n) is 2.96. The molecule has 2 aromatic rings. The Kier molecular flexibility index (Phi) is 3.61. The second-order valence-corrected chi connectivity index (χ2v) is 4.60. The van der Waals surface area contributed by atoms with Gasteiger partial charge in [-0.25, -0.2) is 0 Å². The molecule has 2 aromatic carbocycles. The number of ether oxygens (including phenoxy) is 1. The Balaban J connectivity index is 2.31. The van der Waals surface area contributed by atoms with Crippen molar-refractivity contribution in [3.63, 3.8) is 0 Å². The van der Waals surface area contributed by atoms with Crippen LogP contribution < -0.4 is 10.5 Å². The van der Waals surface area contributed by atoms with Crippen molar-refractivity contribution in [3.8, 4) is 11.5 Å². The molecule has 0 aliphatic heterocycles. The number of nitrogens with two attached hydrogens (primary N) is 1. The van der Waals surface area contributed by atoms with E-state index in [2.05, 4.69) is 0 Å². The molecule has 0 aromatic heterocycles. The fourth-order valence-corrected chi connectivity index (χ4v) is 1.87. The van der Waals surface area contributed by atoms with Crippen molar-refractivity contribution in [1.82, 2.24) is 0 Å². The minimum Gasteiger partial charge on any atom is -0.457 e. The molecule has 20 heavy (non-hydrogen) atoms. The second-order valence-electron chi connectivity index (χ2n) is 4.60. The van der Waals surface area contributed by atoms with Gasteiger partial charge in [-0.2, -0.15) is 13.2 Å². The van der Waals surface area contributed by atoms with E-state index in [9.17, 15) is 13.2 Å². The summed E-state index contributed by atoms with van der Waals surface area (Å²) >= 11 is 0. The summed E-state index contributed by atoms with van der Waals surface area (Å²) in [5, 5.41) is 0. The van der Waals surface area contributed by atoms with Crippen LogP contribution in [0.4, 0.5) is 18.9 Å². The quantitative estimate of drug-likeness (QED) is 0.810. The zero-order valence-corrected chi connectivity index (χ0v) is 11.1. The van der Waals surface area contributed by atoms with Crippen LogP contribution in [-0.4, -0.2) is 0 Å². The standard InChI is InChI=1S/C15H14F3NO/c1-9-6-13(7-10(2)14(9)19)20-12-5-3-4-11(8-12)15(16,17)18/h3-8H,19H2,1-2H3. The highest BCUT2D eigenvalue weighted by molar-refractivity contribution is 5.56. The van der Waals surface area contributed by atoms with E-state index in [1.165, 1.54) is 12.1 Å². The van der Waals surface area contributed by atoms with Gasteiger partial charge in [0.15, 0.2) is 0 Å². The molecule has 0 heterocycles. The van der Waals surface area contributed by atoms with Gasteiger partial charge in [0.25, 0.3) is 0 Å². The maximum Gasteiger partial charge on any atom is 0.416 e. The Morgan fingerprint density at radius 1 is 0.950 bits per heavy atom. The molecule has 2 rings (SSSR count). The average molecular weight is 281 g/mol. The van der Waals surface area contributed by atoms with Gasteiger partial charge in [0, 0.05) is 5.69 Å².